The lowest BCUT2D eigenvalue weighted by Gasteiger charge is -2.31. The summed E-state index contributed by atoms with van der Waals surface area (Å²) in [5, 5.41) is 40.4. The molecule has 5 rings (SSSR count). The molecule has 1 aromatic rings. The number of aliphatic imine (C=N–C) groups is 4. The van der Waals surface area contributed by atoms with E-state index in [2.05, 4.69) is 88.4 Å². The zero-order valence-corrected chi connectivity index (χ0v) is 70.4. The minimum atomic E-state index is -1.64. The maximum absolute atomic E-state index is 15.3. The minimum absolute atomic E-state index is 0.0107. The van der Waals surface area contributed by atoms with Crippen molar-refractivity contribution in [2.45, 2.75) is 228 Å². The van der Waals surface area contributed by atoms with Gasteiger partial charge in [0.15, 0.2) is 23.8 Å². The van der Waals surface area contributed by atoms with Crippen LogP contribution in [0.3, 0.4) is 0 Å². The average molecular weight is 1740 g/mol. The molecule has 0 saturated carbocycles. The smallest absolute Gasteiger partial charge is 0.327 e. The van der Waals surface area contributed by atoms with Crippen LogP contribution in [0.5, 0.6) is 0 Å². The number of imidazole rings is 1. The third-order valence-corrected chi connectivity index (χ3v) is 24.0. The topological polar surface area (TPSA) is 736 Å². The number of hydrogen-bond donors (Lipinski definition) is 23. The van der Waals surface area contributed by atoms with Crippen LogP contribution in [0.1, 0.15) is 143 Å². The predicted octanol–water partition coefficient (Wildman–Crippen LogP) is -7.10. The Morgan fingerprint density at radius 1 is 0.500 bits per heavy atom. The highest BCUT2D eigenvalue weighted by Crippen LogP contribution is 2.28. The van der Waals surface area contributed by atoms with Gasteiger partial charge in [-0.15, -0.1) is 0 Å². The van der Waals surface area contributed by atoms with E-state index < -0.39 is 167 Å². The molecule has 4 aliphatic heterocycles. The van der Waals surface area contributed by atoms with Crippen molar-refractivity contribution in [3.05, 3.63) is 18.2 Å². The number of carbonyl (C=O) groups excluding carboxylic acids is 13. The van der Waals surface area contributed by atoms with Gasteiger partial charge in [-0.3, -0.25) is 82.3 Å². The molecule has 5 heterocycles. The second kappa shape index (κ2) is 51.5. The first kappa shape index (κ1) is 98.8. The molecule has 48 heteroatoms. The Bertz CT molecular complexity index is 3660. The second-order valence-corrected chi connectivity index (χ2v) is 34.9. The molecule has 14 atom stereocenters. The maximum Gasteiger partial charge on any atom is 0.327 e. The summed E-state index contributed by atoms with van der Waals surface area (Å²) in [6, 6.07) is -19.6. The van der Waals surface area contributed by atoms with Gasteiger partial charge in [-0.1, -0.05) is 70.9 Å². The van der Waals surface area contributed by atoms with E-state index in [-0.39, 0.29) is 207 Å². The van der Waals surface area contributed by atoms with Gasteiger partial charge >= 0.3 is 5.97 Å². The fraction of sp³-hybridized carbons (Fsp3) is 0.700. The van der Waals surface area contributed by atoms with E-state index in [0.29, 0.717) is 19.3 Å². The third-order valence-electron chi connectivity index (χ3n) is 19.2. The van der Waals surface area contributed by atoms with Crippen molar-refractivity contribution in [1.82, 2.24) is 78.3 Å². The molecule has 1 aromatic heterocycles. The van der Waals surface area contributed by atoms with Gasteiger partial charge in [-0.05, 0) is 128 Å². The van der Waals surface area contributed by atoms with E-state index in [1.165, 1.54) is 22.3 Å². The van der Waals surface area contributed by atoms with Crippen LogP contribution in [-0.2, 0) is 73.5 Å². The number of carboxylic acid groups (broad SMARTS) is 1. The van der Waals surface area contributed by atoms with Crippen LogP contribution < -0.4 is 116 Å². The summed E-state index contributed by atoms with van der Waals surface area (Å²) in [7, 11) is 3.81. The molecule has 4 unspecified atom stereocenters. The summed E-state index contributed by atoms with van der Waals surface area (Å²) in [4.78, 5) is 230. The second-order valence-electron chi connectivity index (χ2n) is 29.8. The molecular weight excluding hydrogens is 1620 g/mol. The van der Waals surface area contributed by atoms with Gasteiger partial charge in [-0.2, -0.15) is 0 Å². The van der Waals surface area contributed by atoms with Crippen molar-refractivity contribution in [3.63, 3.8) is 0 Å². The van der Waals surface area contributed by atoms with Gasteiger partial charge in [0.1, 0.15) is 78.5 Å². The third kappa shape index (κ3) is 34.6. The number of hydrogen-bond acceptors (Lipinski definition) is 25. The van der Waals surface area contributed by atoms with E-state index in [9.17, 15) is 48.3 Å². The van der Waals surface area contributed by atoms with Crippen LogP contribution in [0.2, 0.25) is 0 Å². The van der Waals surface area contributed by atoms with Crippen molar-refractivity contribution < 1.29 is 72.2 Å². The Morgan fingerprint density at radius 2 is 0.915 bits per heavy atom. The molecule has 4 saturated heterocycles. The van der Waals surface area contributed by atoms with Crippen molar-refractivity contribution in [3.8, 4) is 0 Å². The van der Waals surface area contributed by atoms with Crippen LogP contribution >= 0.6 is 43.2 Å². The Labute approximate surface area is 700 Å². The highest BCUT2D eigenvalue weighted by Gasteiger charge is 2.44. The Balaban J connectivity index is 1.54. The summed E-state index contributed by atoms with van der Waals surface area (Å²) >= 11 is 0. The molecular formula is C70H121N29O15S4. The highest BCUT2D eigenvalue weighted by molar-refractivity contribution is 8.77. The lowest BCUT2D eigenvalue weighted by atomic mass is 10.0. The van der Waals surface area contributed by atoms with Gasteiger partial charge < -0.3 is 136 Å². The number of fused-ring (bicyclic) bond motifs is 2. The molecule has 0 spiro atoms. The number of rotatable bonds is 33. The average Bonchev–Trinajstić information content (AvgIpc) is 1.64. The molecule has 44 nitrogen and oxygen atoms in total. The largest absolute Gasteiger partial charge is 0.480 e. The lowest BCUT2D eigenvalue weighted by Crippen LogP contribution is -2.61. The normalized spacial score (nSPS) is 24.5. The summed E-state index contributed by atoms with van der Waals surface area (Å²) in [6.07, 6.45) is 4.09. The number of nitrogens with zero attached hydrogens (tertiary/aromatic N) is 7. The fourth-order valence-corrected chi connectivity index (χ4v) is 17.8. The Morgan fingerprint density at radius 3 is 1.36 bits per heavy atom. The molecule has 0 aliphatic carbocycles. The lowest BCUT2D eigenvalue weighted by molar-refractivity contribution is -0.143. The van der Waals surface area contributed by atoms with Gasteiger partial charge in [0.2, 0.25) is 76.8 Å². The number of carbonyl (C=O) groups is 14. The molecule has 660 valence electrons. The number of aliphatic carboxylic acids is 1. The van der Waals surface area contributed by atoms with Gasteiger partial charge in [0.25, 0.3) is 0 Å². The molecule has 4 fully saturated rings. The number of unbranched alkanes of at least 4 members (excludes halogenated alkanes) is 1. The summed E-state index contributed by atoms with van der Waals surface area (Å²) in [5.74, 6) is -14.8. The van der Waals surface area contributed by atoms with Crippen molar-refractivity contribution in [1.29, 1.82) is 0 Å². The highest BCUT2D eigenvalue weighted by atomic mass is 33.1. The van der Waals surface area contributed by atoms with Crippen LogP contribution in [0.15, 0.2) is 32.5 Å². The van der Waals surface area contributed by atoms with Crippen LogP contribution in [0, 0.1) is 11.8 Å². The van der Waals surface area contributed by atoms with E-state index in [4.69, 9.17) is 57.3 Å². The summed E-state index contributed by atoms with van der Waals surface area (Å²) < 4.78 is 0. The van der Waals surface area contributed by atoms with E-state index in [1.54, 1.807) is 27.7 Å². The number of H-pyrrole nitrogens is 1. The molecule has 0 radical (unpaired) electrons. The van der Waals surface area contributed by atoms with Crippen LogP contribution in [-0.4, -0.2) is 285 Å². The van der Waals surface area contributed by atoms with E-state index in [1.807, 2.05) is 0 Å². The number of guanidine groups is 4. The first-order chi connectivity index (χ1) is 56.1. The zero-order chi connectivity index (χ0) is 87.1. The van der Waals surface area contributed by atoms with Crippen molar-refractivity contribution in [2.24, 2.45) is 89.1 Å². The SMILES string of the molecule is CC(C)CC1NC(=O)C(CCCN=C(N)N)NC(=O)[C@@H]2CCCN2C(=O)[C@H](CCCN=C(N)N)NC(=O)[C@@H](N)CSSC[C@@H](C(=O)N[C@@H](CCCCN)C(=O)NC(Cc2cnc[nH]2)C(=O)N[C@H]2CSSCC(C(=O)O)NC(=O)[C@H](CC(C)C)NC(=O)[C@H](CCCN=C(N)N)NC(=O)[C@@H]3CCCN3C(=O)[C@H](CCCN=C(N)N)NC2=O)NC1=O. The molecule has 33 N–H and O–H groups in total. The number of nitrogens with two attached hydrogens (primary N) is 10. The van der Waals surface area contributed by atoms with Gasteiger partial charge in [0, 0.05) is 80.6 Å². The fourth-order valence-electron chi connectivity index (χ4n) is 13.1. The summed E-state index contributed by atoms with van der Waals surface area (Å²) in [5.41, 5.74) is 57.5. The molecule has 118 heavy (non-hydrogen) atoms. The van der Waals surface area contributed by atoms with Crippen molar-refractivity contribution >= 4 is 150 Å². The standard InChI is InChI=1S/C70H121N29O15S4/c1-36(2)27-45-57(104)95-48(32-116-115-31-39(72)53(100)90-43(16-9-23-84-69(77)78)64(111)98-25-11-18-51(98)62(109)88-41(55(102)92-45)14-7-21-82-67(73)74)60(107)87-40(13-5-6-20-71)54(101)94-47(29-38-30-81-35-86-38)59(106)96-49-33-117-118-34-50(66(113)114)97-58(105)46(28-37(3)4)93-56(103)42(15-8-22-83-68(75)76)89-63(110)52-19-12-26-99(52)65(112)44(91-61(49)108)17-10-24-85-70(79)80/h30,35-37,39-52H,5-29,31-34,71-72H2,1-4H3,(H,81,86)(H,87,107)(H,88,109)(H,89,110)(H,90,100)(H,91,108)(H,92,102)(H,93,103)(H,94,101)(H,95,104)(H,96,106)(H,97,105)(H,113,114)(H4,73,74,82)(H4,75,76,83)(H4,77,78,84)(H4,79,80,85)/t39-,40-,41?,42-,43-,44-,45?,46-,47?,48-,49-,50?,51-,52-/m0/s1. The maximum atomic E-state index is 15.3. The monoisotopic (exact) mass is 1740 g/mol. The first-order valence-corrected chi connectivity index (χ1v) is 44.4. The molecule has 0 bridgehead atoms. The molecule has 4 aliphatic rings. The number of aromatic nitrogens is 2. The molecule has 0 aromatic carbocycles. The zero-order valence-electron chi connectivity index (χ0n) is 67.1. The predicted molar refractivity (Wildman–Crippen MR) is 450 cm³/mol. The molecule has 13 amide bonds. The first-order valence-electron chi connectivity index (χ1n) is 39.4. The number of amides is 13. The number of nitrogens with one attached hydrogen (secondary N) is 12. The van der Waals surface area contributed by atoms with Crippen LogP contribution in [0.4, 0.5) is 0 Å². The van der Waals surface area contributed by atoms with E-state index in [0.717, 1.165) is 43.2 Å². The van der Waals surface area contributed by atoms with Crippen molar-refractivity contribution in [2.75, 3.05) is 68.8 Å². The summed E-state index contributed by atoms with van der Waals surface area (Å²) in [6.45, 7) is 7.54. The Kier molecular flexibility index (Phi) is 43.1. The number of aromatic amines is 1. The minimum Gasteiger partial charge on any atom is -0.480 e. The van der Waals surface area contributed by atoms with Gasteiger partial charge in [0.05, 0.1) is 12.4 Å². The number of carboxylic acids is 1. The quantitative estimate of drug-likeness (QED) is 0.0135. The van der Waals surface area contributed by atoms with Crippen LogP contribution in [0.25, 0.3) is 0 Å². The van der Waals surface area contributed by atoms with Gasteiger partial charge in [-0.25, -0.2) is 9.78 Å². The Hall–Kier alpha value is -9.81. The van der Waals surface area contributed by atoms with E-state index >= 15 is 24.0 Å².